The lowest BCUT2D eigenvalue weighted by molar-refractivity contribution is -0.118. The maximum atomic E-state index is 12.8. The molecule has 1 atom stereocenters. The van der Waals surface area contributed by atoms with Crippen LogP contribution in [-0.2, 0) is 16.0 Å². The summed E-state index contributed by atoms with van der Waals surface area (Å²) < 4.78 is 5.81. The van der Waals surface area contributed by atoms with E-state index in [1.54, 1.807) is 23.5 Å². The third-order valence-corrected chi connectivity index (χ3v) is 4.55. The number of morpholine rings is 1. The first-order valence-corrected chi connectivity index (χ1v) is 8.49. The molecule has 2 aromatic heterocycles. The Morgan fingerprint density at radius 2 is 2.43 bits per heavy atom. The molecule has 0 saturated carbocycles. The van der Waals surface area contributed by atoms with Crippen LogP contribution >= 0.6 is 11.3 Å². The van der Waals surface area contributed by atoms with Crippen LogP contribution < -0.4 is 4.90 Å². The molecule has 1 aliphatic heterocycles. The average Bonchev–Trinajstić information content (AvgIpc) is 3.07. The number of nitrogens with zero attached hydrogens (tertiary/aromatic N) is 4. The van der Waals surface area contributed by atoms with Gasteiger partial charge in [0.2, 0.25) is 5.91 Å². The molecule has 3 heterocycles. The molecule has 1 unspecified atom stereocenters. The number of anilines is 1. The number of amides is 1. The molecule has 1 saturated heterocycles. The predicted octanol–water partition coefficient (Wildman–Crippen LogP) is 1.44. The standard InChI is InChI=1S/C16H20N4O2S/c1-19-6-7-22-14(11-19)12-20(16-18-5-8-23-16)15(21)9-13-3-2-4-17-10-13/h2-5,8,10,14H,6-7,9,11-12H2,1H3. The Labute approximate surface area is 139 Å². The van der Waals surface area contributed by atoms with Crippen molar-refractivity contribution in [2.24, 2.45) is 0 Å². The van der Waals surface area contributed by atoms with Gasteiger partial charge < -0.3 is 9.64 Å². The lowest BCUT2D eigenvalue weighted by Gasteiger charge is -2.33. The number of hydrogen-bond acceptors (Lipinski definition) is 6. The van der Waals surface area contributed by atoms with Gasteiger partial charge in [-0.05, 0) is 18.7 Å². The normalized spacial score (nSPS) is 18.7. The summed E-state index contributed by atoms with van der Waals surface area (Å²) in [6.07, 6.45) is 5.48. The topological polar surface area (TPSA) is 58.6 Å². The summed E-state index contributed by atoms with van der Waals surface area (Å²) in [5, 5.41) is 2.60. The van der Waals surface area contributed by atoms with E-state index in [-0.39, 0.29) is 12.0 Å². The molecule has 7 heteroatoms. The van der Waals surface area contributed by atoms with Gasteiger partial charge in [0.1, 0.15) is 0 Å². The van der Waals surface area contributed by atoms with Crippen molar-refractivity contribution >= 4 is 22.4 Å². The van der Waals surface area contributed by atoms with E-state index in [0.29, 0.717) is 19.6 Å². The summed E-state index contributed by atoms with van der Waals surface area (Å²) in [4.78, 5) is 25.1. The van der Waals surface area contributed by atoms with Crippen molar-refractivity contribution in [3.8, 4) is 0 Å². The molecule has 1 amide bonds. The van der Waals surface area contributed by atoms with Gasteiger partial charge in [0.25, 0.3) is 0 Å². The lowest BCUT2D eigenvalue weighted by Crippen LogP contribution is -2.48. The van der Waals surface area contributed by atoms with Crippen molar-refractivity contribution in [1.29, 1.82) is 0 Å². The maximum Gasteiger partial charge on any atom is 0.233 e. The number of carbonyl (C=O) groups is 1. The zero-order chi connectivity index (χ0) is 16.1. The molecule has 0 aromatic carbocycles. The van der Waals surface area contributed by atoms with Crippen molar-refractivity contribution < 1.29 is 9.53 Å². The van der Waals surface area contributed by atoms with Gasteiger partial charge in [-0.15, -0.1) is 11.3 Å². The minimum Gasteiger partial charge on any atom is -0.374 e. The van der Waals surface area contributed by atoms with Gasteiger partial charge >= 0.3 is 0 Å². The second-order valence-electron chi connectivity index (χ2n) is 5.61. The first-order valence-electron chi connectivity index (χ1n) is 7.61. The van der Waals surface area contributed by atoms with Crippen molar-refractivity contribution in [2.45, 2.75) is 12.5 Å². The van der Waals surface area contributed by atoms with Crippen LogP contribution in [-0.4, -0.2) is 60.2 Å². The first kappa shape index (κ1) is 16.0. The highest BCUT2D eigenvalue weighted by Crippen LogP contribution is 2.20. The molecule has 0 bridgehead atoms. The van der Waals surface area contributed by atoms with E-state index in [1.165, 1.54) is 11.3 Å². The van der Waals surface area contributed by atoms with Gasteiger partial charge in [-0.3, -0.25) is 14.7 Å². The van der Waals surface area contributed by atoms with Gasteiger partial charge in [-0.2, -0.15) is 0 Å². The Bertz CT molecular complexity index is 620. The highest BCUT2D eigenvalue weighted by molar-refractivity contribution is 7.13. The summed E-state index contributed by atoms with van der Waals surface area (Å²) in [5.74, 6) is 0.0183. The summed E-state index contributed by atoms with van der Waals surface area (Å²) in [6, 6.07) is 3.76. The highest BCUT2D eigenvalue weighted by atomic mass is 32.1. The fourth-order valence-electron chi connectivity index (χ4n) is 2.59. The van der Waals surface area contributed by atoms with E-state index in [9.17, 15) is 4.79 Å². The third kappa shape index (κ3) is 4.34. The Morgan fingerprint density at radius 3 is 3.13 bits per heavy atom. The third-order valence-electron chi connectivity index (χ3n) is 3.76. The predicted molar refractivity (Wildman–Crippen MR) is 89.6 cm³/mol. The molecule has 0 N–H and O–H groups in total. The fourth-order valence-corrected chi connectivity index (χ4v) is 3.26. The van der Waals surface area contributed by atoms with Crippen LogP contribution in [0.3, 0.4) is 0 Å². The largest absolute Gasteiger partial charge is 0.374 e. The smallest absolute Gasteiger partial charge is 0.233 e. The number of aromatic nitrogens is 2. The molecule has 6 nitrogen and oxygen atoms in total. The van der Waals surface area contributed by atoms with E-state index in [2.05, 4.69) is 21.9 Å². The van der Waals surface area contributed by atoms with Crippen molar-refractivity contribution in [2.75, 3.05) is 38.2 Å². The Hall–Kier alpha value is -1.83. The summed E-state index contributed by atoms with van der Waals surface area (Å²) in [7, 11) is 2.07. The van der Waals surface area contributed by atoms with E-state index in [0.717, 1.165) is 23.8 Å². The Kier molecular flexibility index (Phi) is 5.32. The molecule has 122 valence electrons. The van der Waals surface area contributed by atoms with E-state index in [4.69, 9.17) is 4.74 Å². The van der Waals surface area contributed by atoms with E-state index >= 15 is 0 Å². The molecule has 0 aliphatic carbocycles. The van der Waals surface area contributed by atoms with Crippen molar-refractivity contribution in [3.63, 3.8) is 0 Å². The molecule has 3 rings (SSSR count). The van der Waals surface area contributed by atoms with Gasteiger partial charge in [0.05, 0.1) is 25.7 Å². The van der Waals surface area contributed by atoms with Crippen molar-refractivity contribution in [1.82, 2.24) is 14.9 Å². The van der Waals surface area contributed by atoms with E-state index in [1.807, 2.05) is 17.5 Å². The molecule has 23 heavy (non-hydrogen) atoms. The fraction of sp³-hybridized carbons (Fsp3) is 0.438. The molecular weight excluding hydrogens is 312 g/mol. The molecule has 1 fully saturated rings. The molecular formula is C16H20N4O2S. The van der Waals surface area contributed by atoms with Crippen LogP contribution in [0.2, 0.25) is 0 Å². The van der Waals surface area contributed by atoms with Gasteiger partial charge in [-0.1, -0.05) is 6.07 Å². The Morgan fingerprint density at radius 1 is 1.52 bits per heavy atom. The van der Waals surface area contributed by atoms with Crippen molar-refractivity contribution in [3.05, 3.63) is 41.7 Å². The number of carbonyl (C=O) groups excluding carboxylic acids is 1. The van der Waals surface area contributed by atoms with Crippen LogP contribution in [0.1, 0.15) is 5.56 Å². The number of pyridine rings is 1. The zero-order valence-electron chi connectivity index (χ0n) is 13.1. The maximum absolute atomic E-state index is 12.8. The van der Waals surface area contributed by atoms with Gasteiger partial charge in [0.15, 0.2) is 5.13 Å². The summed E-state index contributed by atoms with van der Waals surface area (Å²) in [6.45, 7) is 2.97. The lowest BCUT2D eigenvalue weighted by atomic mass is 10.2. The Balaban J connectivity index is 1.72. The van der Waals surface area contributed by atoms with E-state index < -0.39 is 0 Å². The molecule has 2 aromatic rings. The number of thiazole rings is 1. The minimum absolute atomic E-state index is 0.00972. The first-order chi connectivity index (χ1) is 11.2. The number of rotatable bonds is 5. The number of hydrogen-bond donors (Lipinski definition) is 0. The quantitative estimate of drug-likeness (QED) is 0.829. The van der Waals surface area contributed by atoms with Crippen LogP contribution in [0.5, 0.6) is 0 Å². The highest BCUT2D eigenvalue weighted by Gasteiger charge is 2.26. The average molecular weight is 332 g/mol. The SMILES string of the molecule is CN1CCOC(CN(C(=O)Cc2cccnc2)c2nccs2)C1. The van der Waals surface area contributed by atoms with Crippen LogP contribution in [0, 0.1) is 0 Å². The van der Waals surface area contributed by atoms with Crippen LogP contribution in [0.4, 0.5) is 5.13 Å². The summed E-state index contributed by atoms with van der Waals surface area (Å²) in [5.41, 5.74) is 0.903. The summed E-state index contributed by atoms with van der Waals surface area (Å²) >= 11 is 1.47. The minimum atomic E-state index is 0.00972. The number of ether oxygens (including phenoxy) is 1. The van der Waals surface area contributed by atoms with Crippen LogP contribution in [0.15, 0.2) is 36.1 Å². The van der Waals surface area contributed by atoms with Crippen LogP contribution in [0.25, 0.3) is 0 Å². The van der Waals surface area contributed by atoms with Gasteiger partial charge in [0, 0.05) is 37.1 Å². The molecule has 1 aliphatic rings. The monoisotopic (exact) mass is 332 g/mol. The second kappa shape index (κ2) is 7.63. The molecule has 0 radical (unpaired) electrons. The molecule has 0 spiro atoms. The number of likely N-dealkylation sites (N-methyl/N-ethyl adjacent to an activating group) is 1. The van der Waals surface area contributed by atoms with Gasteiger partial charge in [-0.25, -0.2) is 4.98 Å². The zero-order valence-corrected chi connectivity index (χ0v) is 13.9. The second-order valence-corrected chi connectivity index (χ2v) is 6.49.